The maximum Gasteiger partial charge on any atom is 0.124 e. The summed E-state index contributed by atoms with van der Waals surface area (Å²) in [5.41, 5.74) is 1.30. The van der Waals surface area contributed by atoms with Crippen molar-refractivity contribution in [3.63, 3.8) is 0 Å². The molecule has 0 aromatic heterocycles. The molecule has 0 aliphatic carbocycles. The van der Waals surface area contributed by atoms with Crippen LogP contribution >= 0.6 is 0 Å². The highest BCUT2D eigenvalue weighted by Gasteiger charge is 2.26. The SMILES string of the molecule is COc1ccc2c(c1)C(N1CCCNCC1)CCCO2. The van der Waals surface area contributed by atoms with E-state index in [0.717, 1.165) is 50.7 Å². The second kappa shape index (κ2) is 6.46. The molecule has 0 spiro atoms. The van der Waals surface area contributed by atoms with E-state index in [1.54, 1.807) is 7.11 Å². The van der Waals surface area contributed by atoms with Crippen molar-refractivity contribution in [2.75, 3.05) is 39.9 Å². The van der Waals surface area contributed by atoms with Gasteiger partial charge in [0.2, 0.25) is 0 Å². The number of hydrogen-bond donors (Lipinski definition) is 1. The van der Waals surface area contributed by atoms with Crippen molar-refractivity contribution in [1.29, 1.82) is 0 Å². The number of methoxy groups -OCH3 is 1. The Morgan fingerprint density at radius 2 is 2.20 bits per heavy atom. The van der Waals surface area contributed by atoms with E-state index < -0.39 is 0 Å². The Balaban J connectivity index is 1.90. The summed E-state index contributed by atoms with van der Waals surface area (Å²) in [5.74, 6) is 1.96. The predicted molar refractivity (Wildman–Crippen MR) is 79.5 cm³/mol. The minimum absolute atomic E-state index is 0.461. The maximum absolute atomic E-state index is 5.90. The first-order chi connectivity index (χ1) is 9.88. The van der Waals surface area contributed by atoms with Gasteiger partial charge in [-0.2, -0.15) is 0 Å². The Morgan fingerprint density at radius 3 is 3.10 bits per heavy atom. The van der Waals surface area contributed by atoms with Crippen molar-refractivity contribution in [3.05, 3.63) is 23.8 Å². The van der Waals surface area contributed by atoms with E-state index in [1.807, 2.05) is 6.07 Å². The predicted octanol–water partition coefficient (Wildman–Crippen LogP) is 2.20. The van der Waals surface area contributed by atoms with E-state index in [-0.39, 0.29) is 0 Å². The van der Waals surface area contributed by atoms with Crippen LogP contribution < -0.4 is 14.8 Å². The molecule has 0 radical (unpaired) electrons. The molecule has 1 aromatic rings. The van der Waals surface area contributed by atoms with E-state index in [4.69, 9.17) is 9.47 Å². The summed E-state index contributed by atoms with van der Waals surface area (Å²) in [7, 11) is 1.73. The molecule has 3 rings (SSSR count). The number of fused-ring (bicyclic) bond motifs is 1. The number of nitrogens with zero attached hydrogens (tertiary/aromatic N) is 1. The summed E-state index contributed by atoms with van der Waals surface area (Å²) in [6.45, 7) is 5.30. The van der Waals surface area contributed by atoms with E-state index in [2.05, 4.69) is 22.3 Å². The molecule has 1 atom stereocenters. The average molecular weight is 276 g/mol. The first-order valence-corrected chi connectivity index (χ1v) is 7.64. The Bertz CT molecular complexity index is 442. The number of benzene rings is 1. The van der Waals surface area contributed by atoms with Crippen molar-refractivity contribution in [2.24, 2.45) is 0 Å². The fourth-order valence-corrected chi connectivity index (χ4v) is 3.22. The van der Waals surface area contributed by atoms with Crippen LogP contribution in [0.1, 0.15) is 30.9 Å². The Labute approximate surface area is 121 Å². The van der Waals surface area contributed by atoms with Crippen LogP contribution in [0.15, 0.2) is 18.2 Å². The lowest BCUT2D eigenvalue weighted by Gasteiger charge is -2.30. The second-order valence-electron chi connectivity index (χ2n) is 5.55. The Kier molecular flexibility index (Phi) is 4.43. The molecule has 0 saturated carbocycles. The molecule has 1 fully saturated rings. The average Bonchev–Trinajstić information content (AvgIpc) is 2.86. The molecule has 2 aliphatic heterocycles. The van der Waals surface area contributed by atoms with Crippen LogP contribution in [0.25, 0.3) is 0 Å². The van der Waals surface area contributed by atoms with Crippen molar-refractivity contribution in [3.8, 4) is 11.5 Å². The summed E-state index contributed by atoms with van der Waals surface area (Å²) in [6, 6.07) is 6.67. The second-order valence-corrected chi connectivity index (χ2v) is 5.55. The van der Waals surface area contributed by atoms with Crippen LogP contribution in [0.5, 0.6) is 11.5 Å². The lowest BCUT2D eigenvalue weighted by atomic mass is 9.99. The van der Waals surface area contributed by atoms with Gasteiger partial charge < -0.3 is 14.8 Å². The van der Waals surface area contributed by atoms with Gasteiger partial charge in [0.15, 0.2) is 0 Å². The van der Waals surface area contributed by atoms with Gasteiger partial charge in [-0.15, -0.1) is 0 Å². The van der Waals surface area contributed by atoms with Crippen molar-refractivity contribution < 1.29 is 9.47 Å². The number of nitrogens with one attached hydrogen (secondary N) is 1. The molecule has 1 saturated heterocycles. The van der Waals surface area contributed by atoms with Crippen LogP contribution in [-0.2, 0) is 0 Å². The fraction of sp³-hybridized carbons (Fsp3) is 0.625. The highest BCUT2D eigenvalue weighted by atomic mass is 16.5. The van der Waals surface area contributed by atoms with E-state index in [0.29, 0.717) is 6.04 Å². The van der Waals surface area contributed by atoms with Gasteiger partial charge >= 0.3 is 0 Å². The normalized spacial score (nSPS) is 24.1. The molecule has 4 heteroatoms. The molecule has 110 valence electrons. The molecule has 2 aliphatic rings. The van der Waals surface area contributed by atoms with E-state index in [9.17, 15) is 0 Å². The van der Waals surface area contributed by atoms with Crippen LogP contribution in [-0.4, -0.2) is 44.8 Å². The molecule has 0 bridgehead atoms. The summed E-state index contributed by atoms with van der Waals surface area (Å²) in [5, 5.41) is 3.48. The number of ether oxygens (including phenoxy) is 2. The zero-order chi connectivity index (χ0) is 13.8. The van der Waals surface area contributed by atoms with Crippen LogP contribution in [0.3, 0.4) is 0 Å². The zero-order valence-corrected chi connectivity index (χ0v) is 12.2. The first kappa shape index (κ1) is 13.7. The van der Waals surface area contributed by atoms with Gasteiger partial charge in [-0.05, 0) is 44.0 Å². The summed E-state index contributed by atoms with van der Waals surface area (Å²) < 4.78 is 11.3. The molecule has 0 amide bonds. The third kappa shape index (κ3) is 2.91. The molecule has 1 unspecified atom stereocenters. The standard InChI is InChI=1S/C16H24N2O2/c1-19-13-5-6-16-14(12-13)15(4-2-11-20-16)18-9-3-7-17-8-10-18/h5-6,12,15,17H,2-4,7-11H2,1H3. The van der Waals surface area contributed by atoms with Crippen molar-refractivity contribution in [1.82, 2.24) is 10.2 Å². The fourth-order valence-electron chi connectivity index (χ4n) is 3.22. The van der Waals surface area contributed by atoms with Gasteiger partial charge in [0.05, 0.1) is 13.7 Å². The largest absolute Gasteiger partial charge is 0.497 e. The topological polar surface area (TPSA) is 33.7 Å². The zero-order valence-electron chi connectivity index (χ0n) is 12.2. The summed E-state index contributed by atoms with van der Waals surface area (Å²) in [4.78, 5) is 2.60. The van der Waals surface area contributed by atoms with Crippen molar-refractivity contribution in [2.45, 2.75) is 25.3 Å². The van der Waals surface area contributed by atoms with Gasteiger partial charge in [0.25, 0.3) is 0 Å². The third-order valence-electron chi connectivity index (χ3n) is 4.27. The molecule has 1 aromatic carbocycles. The summed E-state index contributed by atoms with van der Waals surface area (Å²) in [6.07, 6.45) is 3.50. The van der Waals surface area contributed by atoms with E-state index >= 15 is 0 Å². The van der Waals surface area contributed by atoms with E-state index in [1.165, 1.54) is 18.4 Å². The smallest absolute Gasteiger partial charge is 0.124 e. The molecular formula is C16H24N2O2. The minimum atomic E-state index is 0.461. The van der Waals surface area contributed by atoms with Gasteiger partial charge in [0.1, 0.15) is 11.5 Å². The Morgan fingerprint density at radius 1 is 1.25 bits per heavy atom. The molecule has 20 heavy (non-hydrogen) atoms. The maximum atomic E-state index is 5.90. The van der Waals surface area contributed by atoms with Crippen LogP contribution in [0.2, 0.25) is 0 Å². The highest BCUT2D eigenvalue weighted by molar-refractivity contribution is 5.42. The van der Waals surface area contributed by atoms with Gasteiger partial charge in [-0.25, -0.2) is 0 Å². The lowest BCUT2D eigenvalue weighted by molar-refractivity contribution is 0.199. The van der Waals surface area contributed by atoms with Gasteiger partial charge in [-0.3, -0.25) is 4.90 Å². The number of hydrogen-bond acceptors (Lipinski definition) is 4. The van der Waals surface area contributed by atoms with Crippen LogP contribution in [0.4, 0.5) is 0 Å². The van der Waals surface area contributed by atoms with Crippen molar-refractivity contribution >= 4 is 0 Å². The molecular weight excluding hydrogens is 252 g/mol. The molecule has 4 nitrogen and oxygen atoms in total. The third-order valence-corrected chi connectivity index (χ3v) is 4.27. The quantitative estimate of drug-likeness (QED) is 0.898. The summed E-state index contributed by atoms with van der Waals surface area (Å²) >= 11 is 0. The van der Waals surface area contributed by atoms with Gasteiger partial charge in [-0.1, -0.05) is 0 Å². The lowest BCUT2D eigenvalue weighted by Crippen LogP contribution is -2.32. The monoisotopic (exact) mass is 276 g/mol. The minimum Gasteiger partial charge on any atom is -0.497 e. The highest BCUT2D eigenvalue weighted by Crippen LogP contribution is 2.37. The van der Waals surface area contributed by atoms with Gasteiger partial charge in [0, 0.05) is 31.2 Å². The van der Waals surface area contributed by atoms with Crippen LogP contribution in [0, 0.1) is 0 Å². The Hall–Kier alpha value is -1.26. The molecule has 1 N–H and O–H groups in total. The first-order valence-electron chi connectivity index (χ1n) is 7.64. The number of rotatable bonds is 2. The molecule has 2 heterocycles.